The molecular formula is C22H25N5O3. The number of rotatable bonds is 7. The molecule has 1 aliphatic heterocycles. The fraction of sp³-hybridized carbons (Fsp3) is 0.364. The molecule has 30 heavy (non-hydrogen) atoms. The third kappa shape index (κ3) is 4.65. The van der Waals surface area contributed by atoms with E-state index in [2.05, 4.69) is 20.2 Å². The van der Waals surface area contributed by atoms with E-state index in [0.717, 1.165) is 25.9 Å². The summed E-state index contributed by atoms with van der Waals surface area (Å²) in [6, 6.07) is 8.95. The van der Waals surface area contributed by atoms with Crippen molar-refractivity contribution in [3.8, 4) is 11.4 Å². The lowest BCUT2D eigenvalue weighted by atomic mass is 10.1. The summed E-state index contributed by atoms with van der Waals surface area (Å²) >= 11 is 0. The molecule has 0 aromatic carbocycles. The van der Waals surface area contributed by atoms with Crippen molar-refractivity contribution in [1.82, 2.24) is 20.3 Å². The molecule has 0 aliphatic carbocycles. The Balaban J connectivity index is 1.51. The summed E-state index contributed by atoms with van der Waals surface area (Å²) in [5.74, 6) is 0.806. The summed E-state index contributed by atoms with van der Waals surface area (Å²) < 4.78 is 5.19. The minimum atomic E-state index is -0.770. The van der Waals surface area contributed by atoms with Crippen molar-refractivity contribution in [2.75, 3.05) is 24.5 Å². The second-order valence-electron chi connectivity index (χ2n) is 7.27. The molecule has 0 bridgehead atoms. The first-order chi connectivity index (χ1) is 14.7. The van der Waals surface area contributed by atoms with Crippen LogP contribution in [-0.4, -0.2) is 45.6 Å². The number of carbonyl (C=O) groups excluding carboxylic acids is 1. The van der Waals surface area contributed by atoms with Crippen LogP contribution in [0.5, 0.6) is 0 Å². The van der Waals surface area contributed by atoms with Gasteiger partial charge in [-0.25, -0.2) is 9.97 Å². The first-order valence-corrected chi connectivity index (χ1v) is 10.3. The summed E-state index contributed by atoms with van der Waals surface area (Å²) in [5.41, 5.74) is 1.50. The van der Waals surface area contributed by atoms with E-state index in [0.29, 0.717) is 35.1 Å². The molecular weight excluding hydrogens is 382 g/mol. The Morgan fingerprint density at radius 3 is 2.77 bits per heavy atom. The molecule has 4 rings (SSSR count). The van der Waals surface area contributed by atoms with Crippen molar-refractivity contribution in [1.29, 1.82) is 0 Å². The Kier molecular flexibility index (Phi) is 6.34. The molecule has 3 aromatic rings. The average Bonchev–Trinajstić information content (AvgIpc) is 3.35. The Morgan fingerprint density at radius 2 is 2.03 bits per heavy atom. The van der Waals surface area contributed by atoms with Gasteiger partial charge < -0.3 is 19.7 Å². The highest BCUT2D eigenvalue weighted by molar-refractivity contribution is 5.99. The predicted molar refractivity (Wildman–Crippen MR) is 112 cm³/mol. The quantitative estimate of drug-likeness (QED) is 0.620. The van der Waals surface area contributed by atoms with Crippen LogP contribution in [0, 0.1) is 0 Å². The number of aliphatic hydroxyl groups excluding tert-OH is 1. The number of hydrogen-bond donors (Lipinski definition) is 2. The topological polar surface area (TPSA) is 104 Å². The highest BCUT2D eigenvalue weighted by Gasteiger charge is 2.21. The smallest absolute Gasteiger partial charge is 0.255 e. The maximum Gasteiger partial charge on any atom is 0.255 e. The zero-order chi connectivity index (χ0) is 20.8. The minimum absolute atomic E-state index is 0.288. The molecule has 2 N–H and O–H groups in total. The van der Waals surface area contributed by atoms with E-state index in [4.69, 9.17) is 9.40 Å². The van der Waals surface area contributed by atoms with E-state index < -0.39 is 6.10 Å². The van der Waals surface area contributed by atoms with Crippen LogP contribution in [0.15, 0.2) is 53.4 Å². The number of aromatic nitrogens is 3. The zero-order valence-corrected chi connectivity index (χ0v) is 16.7. The lowest BCUT2D eigenvalue weighted by Gasteiger charge is -2.27. The van der Waals surface area contributed by atoms with Crippen molar-refractivity contribution in [3.05, 3.63) is 60.3 Å². The van der Waals surface area contributed by atoms with E-state index in [1.165, 1.54) is 12.7 Å². The maximum atomic E-state index is 12.9. The van der Waals surface area contributed by atoms with Gasteiger partial charge in [0.1, 0.15) is 17.6 Å². The van der Waals surface area contributed by atoms with Crippen LogP contribution in [0.3, 0.4) is 0 Å². The normalized spacial score (nSPS) is 15.0. The molecule has 156 valence electrons. The largest absolute Gasteiger partial charge is 0.467 e. The molecule has 3 aromatic heterocycles. The molecule has 4 heterocycles. The van der Waals surface area contributed by atoms with Crippen LogP contribution in [0.4, 0.5) is 5.95 Å². The number of nitrogens with one attached hydrogen (secondary N) is 1. The molecule has 8 heteroatoms. The Morgan fingerprint density at radius 1 is 1.17 bits per heavy atom. The lowest BCUT2D eigenvalue weighted by Crippen LogP contribution is -2.32. The third-order valence-electron chi connectivity index (χ3n) is 5.14. The molecule has 1 unspecified atom stereocenters. The van der Waals surface area contributed by atoms with Gasteiger partial charge >= 0.3 is 0 Å². The lowest BCUT2D eigenvalue weighted by molar-refractivity contribution is 0.0936. The molecule has 1 amide bonds. The van der Waals surface area contributed by atoms with Gasteiger partial charge in [0, 0.05) is 32.0 Å². The summed E-state index contributed by atoms with van der Waals surface area (Å²) in [7, 11) is 0. The number of anilines is 1. The number of amides is 1. The highest BCUT2D eigenvalue weighted by Crippen LogP contribution is 2.23. The van der Waals surface area contributed by atoms with Crippen molar-refractivity contribution >= 4 is 11.9 Å². The number of carbonyl (C=O) groups is 1. The van der Waals surface area contributed by atoms with E-state index in [9.17, 15) is 9.90 Å². The van der Waals surface area contributed by atoms with Crippen LogP contribution in [0.1, 0.15) is 47.9 Å². The highest BCUT2D eigenvalue weighted by atomic mass is 16.4. The zero-order valence-electron chi connectivity index (χ0n) is 16.7. The van der Waals surface area contributed by atoms with Gasteiger partial charge in [-0.1, -0.05) is 6.07 Å². The Labute approximate surface area is 175 Å². The summed E-state index contributed by atoms with van der Waals surface area (Å²) in [6.07, 6.45) is 7.77. The van der Waals surface area contributed by atoms with E-state index in [1.807, 2.05) is 18.2 Å². The number of aliphatic hydroxyl groups is 1. The van der Waals surface area contributed by atoms with Crippen molar-refractivity contribution < 1.29 is 14.3 Å². The third-order valence-corrected chi connectivity index (χ3v) is 5.14. The number of nitrogens with zero attached hydrogens (tertiary/aromatic N) is 4. The van der Waals surface area contributed by atoms with Crippen LogP contribution < -0.4 is 10.2 Å². The molecule has 1 fully saturated rings. The maximum absolute atomic E-state index is 12.9. The Bertz CT molecular complexity index is 956. The molecule has 1 atom stereocenters. The van der Waals surface area contributed by atoms with Crippen LogP contribution in [0.2, 0.25) is 0 Å². The minimum Gasteiger partial charge on any atom is -0.467 e. The van der Waals surface area contributed by atoms with Gasteiger partial charge in [0.2, 0.25) is 5.95 Å². The average molecular weight is 407 g/mol. The summed E-state index contributed by atoms with van der Waals surface area (Å²) in [6.45, 7) is 2.12. The van der Waals surface area contributed by atoms with E-state index >= 15 is 0 Å². The van der Waals surface area contributed by atoms with Crippen LogP contribution in [0.25, 0.3) is 11.4 Å². The number of pyridine rings is 1. The van der Waals surface area contributed by atoms with Gasteiger partial charge in [-0.2, -0.15) is 0 Å². The molecule has 0 radical (unpaired) electrons. The molecule has 0 spiro atoms. The van der Waals surface area contributed by atoms with E-state index in [-0.39, 0.29) is 12.5 Å². The van der Waals surface area contributed by atoms with Gasteiger partial charge in [0.15, 0.2) is 0 Å². The van der Waals surface area contributed by atoms with E-state index in [1.54, 1.807) is 24.5 Å². The molecule has 1 aliphatic rings. The summed E-state index contributed by atoms with van der Waals surface area (Å²) in [5, 5.41) is 13.0. The standard InChI is InChI=1S/C22H25N5O3/c28-18(19-8-6-14-30-19)9-11-24-21(29)16-15-25-22(27-12-4-1-5-13-27)26-20(16)17-7-2-3-10-23-17/h2-3,6-8,10,14-15,18,28H,1,4-5,9,11-13H2,(H,24,29). The second kappa shape index (κ2) is 9.49. The molecule has 1 saturated heterocycles. The second-order valence-corrected chi connectivity index (χ2v) is 7.27. The van der Waals surface area contributed by atoms with Gasteiger partial charge in [-0.15, -0.1) is 0 Å². The predicted octanol–water partition coefficient (Wildman–Crippen LogP) is 2.98. The fourth-order valence-electron chi connectivity index (χ4n) is 3.52. The molecule has 8 nitrogen and oxygen atoms in total. The number of piperidine rings is 1. The SMILES string of the molecule is O=C(NCCC(O)c1ccco1)c1cnc(N2CCCCC2)nc1-c1ccccn1. The van der Waals surface area contributed by atoms with Gasteiger partial charge in [0.05, 0.1) is 17.5 Å². The first kappa shape index (κ1) is 20.0. The number of furan rings is 1. The Hall–Kier alpha value is -3.26. The van der Waals surface area contributed by atoms with Crippen LogP contribution >= 0.6 is 0 Å². The van der Waals surface area contributed by atoms with Crippen molar-refractivity contribution in [2.24, 2.45) is 0 Å². The first-order valence-electron chi connectivity index (χ1n) is 10.3. The van der Waals surface area contributed by atoms with Gasteiger partial charge in [-0.05, 0) is 49.9 Å². The van der Waals surface area contributed by atoms with Crippen LogP contribution in [-0.2, 0) is 0 Å². The van der Waals surface area contributed by atoms with Crippen molar-refractivity contribution in [3.63, 3.8) is 0 Å². The fourth-order valence-corrected chi connectivity index (χ4v) is 3.52. The monoisotopic (exact) mass is 407 g/mol. The molecule has 0 saturated carbocycles. The van der Waals surface area contributed by atoms with Gasteiger partial charge in [-0.3, -0.25) is 9.78 Å². The van der Waals surface area contributed by atoms with Crippen molar-refractivity contribution in [2.45, 2.75) is 31.8 Å². The van der Waals surface area contributed by atoms with Gasteiger partial charge in [0.25, 0.3) is 5.91 Å². The summed E-state index contributed by atoms with van der Waals surface area (Å²) in [4.78, 5) is 28.5. The number of hydrogen-bond acceptors (Lipinski definition) is 7.